The third kappa shape index (κ3) is 2.00. The minimum absolute atomic E-state index is 0.550. The first kappa shape index (κ1) is 10.5. The van der Waals surface area contributed by atoms with Crippen molar-refractivity contribution < 1.29 is 0 Å². The van der Waals surface area contributed by atoms with E-state index in [0.29, 0.717) is 10.8 Å². The zero-order chi connectivity index (χ0) is 11.5. The van der Waals surface area contributed by atoms with Crippen molar-refractivity contribution >= 4 is 17.3 Å². The largest absolute Gasteiger partial charge is 0.222 e. The van der Waals surface area contributed by atoms with Crippen LogP contribution in [-0.4, -0.2) is 9.78 Å². The van der Waals surface area contributed by atoms with Crippen LogP contribution in [0.5, 0.6) is 0 Å². The Balaban J connectivity index is 2.41. The molecule has 0 aliphatic rings. The molecular weight excluding hydrogens is 226 g/mol. The summed E-state index contributed by atoms with van der Waals surface area (Å²) >= 11 is 6.00. The minimum Gasteiger partial charge on any atom is -0.222 e. The maximum Gasteiger partial charge on any atom is 0.133 e. The van der Waals surface area contributed by atoms with E-state index in [1.807, 2.05) is 6.92 Å². The fourth-order valence-corrected chi connectivity index (χ4v) is 1.65. The van der Waals surface area contributed by atoms with E-state index < -0.39 is 0 Å². The highest BCUT2D eigenvalue weighted by molar-refractivity contribution is 6.29. The van der Waals surface area contributed by atoms with Crippen molar-refractivity contribution in [3.8, 4) is 5.69 Å². The molecule has 0 unspecified atom stereocenters. The average molecular weight is 234 g/mol. The first-order chi connectivity index (χ1) is 7.70. The lowest BCUT2D eigenvalue weighted by Gasteiger charge is -2.02. The van der Waals surface area contributed by atoms with Crippen molar-refractivity contribution in [2.45, 2.75) is 6.92 Å². The van der Waals surface area contributed by atoms with E-state index in [4.69, 9.17) is 17.1 Å². The van der Waals surface area contributed by atoms with Gasteiger partial charge < -0.3 is 0 Å². The fourth-order valence-electron chi connectivity index (χ4n) is 1.36. The number of aryl methyl sites for hydroxylation is 1. The zero-order valence-corrected chi connectivity index (χ0v) is 9.26. The second-order valence-electron chi connectivity index (χ2n) is 3.23. The summed E-state index contributed by atoms with van der Waals surface area (Å²) in [6.45, 7) is 1.87. The van der Waals surface area contributed by atoms with Gasteiger partial charge in [0, 0.05) is 10.6 Å². The van der Waals surface area contributed by atoms with Crippen molar-refractivity contribution in [1.29, 1.82) is 0 Å². The molecule has 0 spiro atoms. The summed E-state index contributed by atoms with van der Waals surface area (Å²) in [7, 11) is 0. The monoisotopic (exact) mass is 233 g/mol. The molecule has 1 aromatic heterocycles. The Bertz CT molecular complexity index is 551. The molecule has 0 bridgehead atoms. The SMILES string of the molecule is Cc1cc(Cl)n(-c2ccc(N=[N+]=[N-])cc2)n1. The Morgan fingerprint density at radius 3 is 2.56 bits per heavy atom. The number of hydrogen-bond acceptors (Lipinski definition) is 2. The van der Waals surface area contributed by atoms with Crippen LogP contribution in [0, 0.1) is 6.92 Å². The van der Waals surface area contributed by atoms with Gasteiger partial charge in [0.25, 0.3) is 0 Å². The van der Waals surface area contributed by atoms with Crippen LogP contribution in [0.15, 0.2) is 35.4 Å². The van der Waals surface area contributed by atoms with E-state index in [1.54, 1.807) is 35.0 Å². The molecule has 0 amide bonds. The van der Waals surface area contributed by atoms with E-state index in [0.717, 1.165) is 11.4 Å². The first-order valence-electron chi connectivity index (χ1n) is 4.58. The van der Waals surface area contributed by atoms with Gasteiger partial charge in [-0.25, -0.2) is 4.68 Å². The quantitative estimate of drug-likeness (QED) is 0.442. The number of aromatic nitrogens is 2. The Morgan fingerprint density at radius 1 is 1.38 bits per heavy atom. The van der Waals surface area contributed by atoms with E-state index in [-0.39, 0.29) is 0 Å². The smallest absolute Gasteiger partial charge is 0.133 e. The molecule has 16 heavy (non-hydrogen) atoms. The van der Waals surface area contributed by atoms with E-state index in [9.17, 15) is 0 Å². The van der Waals surface area contributed by atoms with Gasteiger partial charge in [-0.05, 0) is 30.7 Å². The minimum atomic E-state index is 0.550. The van der Waals surface area contributed by atoms with Crippen LogP contribution < -0.4 is 0 Å². The van der Waals surface area contributed by atoms with Gasteiger partial charge in [0.05, 0.1) is 11.4 Å². The van der Waals surface area contributed by atoms with E-state index >= 15 is 0 Å². The number of rotatable bonds is 2. The summed E-state index contributed by atoms with van der Waals surface area (Å²) in [5.41, 5.74) is 10.5. The topological polar surface area (TPSA) is 66.6 Å². The first-order valence-corrected chi connectivity index (χ1v) is 4.96. The van der Waals surface area contributed by atoms with Crippen LogP contribution in [0.4, 0.5) is 5.69 Å². The summed E-state index contributed by atoms with van der Waals surface area (Å²) in [5, 5.41) is 8.27. The van der Waals surface area contributed by atoms with Crippen molar-refractivity contribution in [1.82, 2.24) is 9.78 Å². The van der Waals surface area contributed by atoms with Gasteiger partial charge in [-0.3, -0.25) is 0 Å². The molecule has 0 N–H and O–H groups in total. The molecule has 0 saturated carbocycles. The van der Waals surface area contributed by atoms with Crippen molar-refractivity contribution in [3.63, 3.8) is 0 Å². The van der Waals surface area contributed by atoms with Gasteiger partial charge in [-0.2, -0.15) is 5.10 Å². The molecule has 0 radical (unpaired) electrons. The molecule has 5 nitrogen and oxygen atoms in total. The van der Waals surface area contributed by atoms with Crippen LogP contribution in [0.1, 0.15) is 5.69 Å². The normalized spacial score (nSPS) is 9.88. The second-order valence-corrected chi connectivity index (χ2v) is 3.61. The van der Waals surface area contributed by atoms with Crippen molar-refractivity contribution in [2.24, 2.45) is 5.11 Å². The van der Waals surface area contributed by atoms with Crippen LogP contribution in [0.3, 0.4) is 0 Å². The molecule has 0 fully saturated rings. The molecule has 0 atom stereocenters. The van der Waals surface area contributed by atoms with Gasteiger partial charge >= 0.3 is 0 Å². The molecule has 1 heterocycles. The lowest BCUT2D eigenvalue weighted by Crippen LogP contribution is -1.95. The van der Waals surface area contributed by atoms with Gasteiger partial charge in [0.1, 0.15) is 5.15 Å². The lowest BCUT2D eigenvalue weighted by atomic mass is 10.3. The molecule has 6 heteroatoms. The number of hydrogen-bond donors (Lipinski definition) is 0. The number of azide groups is 1. The Kier molecular flexibility index (Phi) is 2.81. The van der Waals surface area contributed by atoms with Crippen molar-refractivity contribution in [3.05, 3.63) is 51.6 Å². The predicted octanol–water partition coefficient (Wildman–Crippen LogP) is 3.78. The average Bonchev–Trinajstić information content (AvgIpc) is 2.59. The molecule has 0 aliphatic carbocycles. The highest BCUT2D eigenvalue weighted by atomic mass is 35.5. The highest BCUT2D eigenvalue weighted by Crippen LogP contribution is 2.20. The maximum atomic E-state index is 8.27. The summed E-state index contributed by atoms with van der Waals surface area (Å²) in [6, 6.07) is 8.79. The van der Waals surface area contributed by atoms with Gasteiger partial charge in [-0.1, -0.05) is 28.8 Å². The lowest BCUT2D eigenvalue weighted by molar-refractivity contribution is 0.863. The molecule has 1 aromatic carbocycles. The van der Waals surface area contributed by atoms with Crippen molar-refractivity contribution in [2.75, 3.05) is 0 Å². The van der Waals surface area contributed by atoms with Crippen LogP contribution in [0.2, 0.25) is 5.15 Å². The van der Waals surface area contributed by atoms with E-state index in [1.165, 1.54) is 0 Å². The van der Waals surface area contributed by atoms with E-state index in [2.05, 4.69) is 15.1 Å². The van der Waals surface area contributed by atoms with Crippen LogP contribution in [-0.2, 0) is 0 Å². The Labute approximate surface area is 96.9 Å². The Hall–Kier alpha value is -1.97. The molecule has 2 rings (SSSR count). The van der Waals surface area contributed by atoms with Gasteiger partial charge in [-0.15, -0.1) is 0 Å². The summed E-state index contributed by atoms with van der Waals surface area (Å²) in [4.78, 5) is 2.71. The second kappa shape index (κ2) is 4.26. The summed E-state index contributed by atoms with van der Waals surface area (Å²) < 4.78 is 1.62. The van der Waals surface area contributed by atoms with Gasteiger partial charge in [0.2, 0.25) is 0 Å². The molecule has 0 aliphatic heterocycles. The predicted molar refractivity (Wildman–Crippen MR) is 62.1 cm³/mol. The number of nitrogens with zero attached hydrogens (tertiary/aromatic N) is 5. The fraction of sp³-hybridized carbons (Fsp3) is 0.100. The zero-order valence-electron chi connectivity index (χ0n) is 8.50. The number of benzene rings is 1. The third-order valence-electron chi connectivity index (χ3n) is 2.04. The molecule has 2 aromatic rings. The van der Waals surface area contributed by atoms with Gasteiger partial charge in [0.15, 0.2) is 0 Å². The number of halogens is 1. The summed E-state index contributed by atoms with van der Waals surface area (Å²) in [6.07, 6.45) is 0. The third-order valence-corrected chi connectivity index (χ3v) is 2.31. The highest BCUT2D eigenvalue weighted by Gasteiger charge is 2.04. The standard InChI is InChI=1S/C10H8ClN5/c1-7-6-10(11)16(14-7)9-4-2-8(3-5-9)13-15-12/h2-6H,1H3. The molecule has 0 saturated heterocycles. The van der Waals surface area contributed by atoms with Crippen LogP contribution >= 0.6 is 11.6 Å². The summed E-state index contributed by atoms with van der Waals surface area (Å²) in [5.74, 6) is 0. The van der Waals surface area contributed by atoms with Crippen LogP contribution in [0.25, 0.3) is 16.1 Å². The molecule has 80 valence electrons. The molecular formula is C10H8ClN5. The Morgan fingerprint density at radius 2 is 2.06 bits per heavy atom. The maximum absolute atomic E-state index is 8.27.